The number of hydrogen-bond donors (Lipinski definition) is 0. The Kier molecular flexibility index (Phi) is 4.79. The van der Waals surface area contributed by atoms with Crippen LogP contribution >= 0.6 is 0 Å². The first-order valence-corrected chi connectivity index (χ1v) is 7.60. The van der Waals surface area contributed by atoms with Crippen LogP contribution in [0.4, 0.5) is 13.2 Å². The van der Waals surface area contributed by atoms with Crippen molar-refractivity contribution >= 4 is 16.9 Å². The Morgan fingerprint density at radius 3 is 2.77 bits per heavy atom. The van der Waals surface area contributed by atoms with Crippen molar-refractivity contribution in [2.24, 2.45) is 0 Å². The molecule has 26 heavy (non-hydrogen) atoms. The molecule has 0 aliphatic rings. The maximum Gasteiger partial charge on any atom is 0.416 e. The fraction of sp³-hybridized carbons (Fsp3) is 0.235. The summed E-state index contributed by atoms with van der Waals surface area (Å²) < 4.78 is 53.7. The summed E-state index contributed by atoms with van der Waals surface area (Å²) in [6.07, 6.45) is -3.10. The van der Waals surface area contributed by atoms with E-state index in [1.807, 2.05) is 0 Å². The molecule has 0 aliphatic carbocycles. The number of carbonyl (C=O) groups is 1. The summed E-state index contributed by atoms with van der Waals surface area (Å²) in [5, 5.41) is 4.00. The summed E-state index contributed by atoms with van der Waals surface area (Å²) in [5.41, 5.74) is -0.620. The summed E-state index contributed by atoms with van der Waals surface area (Å²) in [4.78, 5) is 15.5. The number of aromatic nitrogens is 2. The zero-order valence-electron chi connectivity index (χ0n) is 13.5. The van der Waals surface area contributed by atoms with Crippen LogP contribution in [-0.2, 0) is 17.5 Å². The van der Waals surface area contributed by atoms with Gasteiger partial charge in [-0.15, -0.1) is 0 Å². The quantitative estimate of drug-likeness (QED) is 0.636. The van der Waals surface area contributed by atoms with Crippen molar-refractivity contribution in [1.82, 2.24) is 10.1 Å². The van der Waals surface area contributed by atoms with Gasteiger partial charge in [0.2, 0.25) is 0 Å². The molecular weight excluding hydrogens is 353 g/mol. The van der Waals surface area contributed by atoms with Gasteiger partial charge in [0.25, 0.3) is 0 Å². The molecule has 2 aromatic heterocycles. The lowest BCUT2D eigenvalue weighted by Gasteiger charge is -2.10. The first-order chi connectivity index (χ1) is 12.4. The molecule has 1 aromatic carbocycles. The maximum absolute atomic E-state index is 12.8. The van der Waals surface area contributed by atoms with Crippen LogP contribution < -0.4 is 4.74 Å². The van der Waals surface area contributed by atoms with E-state index in [4.69, 9.17) is 14.0 Å². The number of fused-ring (bicyclic) bond motifs is 1. The summed E-state index contributed by atoms with van der Waals surface area (Å²) in [7, 11) is 0. The van der Waals surface area contributed by atoms with E-state index < -0.39 is 17.7 Å². The van der Waals surface area contributed by atoms with E-state index in [0.717, 1.165) is 12.1 Å². The molecule has 0 bridgehead atoms. The topological polar surface area (TPSA) is 74.5 Å². The Balaban J connectivity index is 1.78. The van der Waals surface area contributed by atoms with Gasteiger partial charge < -0.3 is 14.0 Å². The van der Waals surface area contributed by atoms with Gasteiger partial charge >= 0.3 is 12.1 Å². The van der Waals surface area contributed by atoms with Crippen molar-refractivity contribution in [3.05, 3.63) is 53.5 Å². The van der Waals surface area contributed by atoms with Crippen molar-refractivity contribution in [1.29, 1.82) is 0 Å². The average Bonchev–Trinajstić information content (AvgIpc) is 3.08. The molecule has 3 aromatic rings. The second-order valence-corrected chi connectivity index (χ2v) is 5.23. The highest BCUT2D eigenvalue weighted by atomic mass is 19.4. The minimum atomic E-state index is -4.45. The number of halogens is 3. The van der Waals surface area contributed by atoms with E-state index in [2.05, 4.69) is 10.1 Å². The standard InChI is InChI=1S/C17H13F3N2O4/c1-2-24-16(23)14-8-11(26-22-14)9-25-15-5-6-21-13-7-10(17(18,19)20)3-4-12(13)15/h3-8H,2,9H2,1H3. The van der Waals surface area contributed by atoms with Gasteiger partial charge in [0.05, 0.1) is 17.7 Å². The van der Waals surface area contributed by atoms with Crippen LogP contribution in [0.15, 0.2) is 41.1 Å². The van der Waals surface area contributed by atoms with E-state index >= 15 is 0 Å². The molecule has 6 nitrogen and oxygen atoms in total. The van der Waals surface area contributed by atoms with Crippen LogP contribution in [0, 0.1) is 0 Å². The largest absolute Gasteiger partial charge is 0.485 e. The van der Waals surface area contributed by atoms with Crippen LogP contribution in [-0.4, -0.2) is 22.7 Å². The monoisotopic (exact) mass is 366 g/mol. The molecular formula is C17H13F3N2O4. The fourth-order valence-corrected chi connectivity index (χ4v) is 2.26. The SMILES string of the molecule is CCOC(=O)c1cc(COc2ccnc3cc(C(F)(F)F)ccc23)on1. The van der Waals surface area contributed by atoms with Gasteiger partial charge in [0.1, 0.15) is 12.4 Å². The van der Waals surface area contributed by atoms with E-state index in [-0.39, 0.29) is 30.2 Å². The van der Waals surface area contributed by atoms with E-state index in [1.165, 1.54) is 24.4 Å². The molecule has 0 amide bonds. The molecule has 0 spiro atoms. The van der Waals surface area contributed by atoms with Crippen LogP contribution in [0.3, 0.4) is 0 Å². The molecule has 0 aliphatic heterocycles. The summed E-state index contributed by atoms with van der Waals surface area (Å²) >= 11 is 0. The summed E-state index contributed by atoms with van der Waals surface area (Å²) in [5.74, 6) is -0.0146. The van der Waals surface area contributed by atoms with E-state index in [9.17, 15) is 18.0 Å². The third-order valence-electron chi connectivity index (χ3n) is 3.44. The first kappa shape index (κ1) is 17.7. The molecule has 0 atom stereocenters. The molecule has 2 heterocycles. The lowest BCUT2D eigenvalue weighted by atomic mass is 10.1. The highest BCUT2D eigenvalue weighted by molar-refractivity contribution is 5.87. The Morgan fingerprint density at radius 1 is 1.23 bits per heavy atom. The third kappa shape index (κ3) is 3.76. The van der Waals surface area contributed by atoms with Gasteiger partial charge in [-0.05, 0) is 31.2 Å². The van der Waals surface area contributed by atoms with Crippen LogP contribution in [0.2, 0.25) is 0 Å². The van der Waals surface area contributed by atoms with Crippen LogP contribution in [0.5, 0.6) is 5.75 Å². The molecule has 0 saturated heterocycles. The normalized spacial score (nSPS) is 11.5. The van der Waals surface area contributed by atoms with Gasteiger partial charge in [-0.3, -0.25) is 4.98 Å². The Morgan fingerprint density at radius 2 is 2.04 bits per heavy atom. The average molecular weight is 366 g/mol. The Labute approximate surface area is 145 Å². The van der Waals surface area contributed by atoms with Gasteiger partial charge in [-0.25, -0.2) is 4.79 Å². The van der Waals surface area contributed by atoms with Gasteiger partial charge in [0, 0.05) is 17.6 Å². The number of alkyl halides is 3. The van der Waals surface area contributed by atoms with Crippen molar-refractivity contribution in [3.8, 4) is 5.75 Å². The Hall–Kier alpha value is -3.10. The number of nitrogens with zero attached hydrogens (tertiary/aromatic N) is 2. The fourth-order valence-electron chi connectivity index (χ4n) is 2.26. The molecule has 0 fully saturated rings. The number of rotatable bonds is 5. The van der Waals surface area contributed by atoms with Crippen LogP contribution in [0.25, 0.3) is 10.9 Å². The molecule has 0 saturated carbocycles. The second-order valence-electron chi connectivity index (χ2n) is 5.23. The number of esters is 1. The number of carbonyl (C=O) groups excluding carboxylic acids is 1. The van der Waals surface area contributed by atoms with Crippen molar-refractivity contribution in [2.75, 3.05) is 6.61 Å². The minimum absolute atomic E-state index is 0.0138. The first-order valence-electron chi connectivity index (χ1n) is 7.60. The van der Waals surface area contributed by atoms with Gasteiger partial charge in [-0.2, -0.15) is 13.2 Å². The van der Waals surface area contributed by atoms with Gasteiger partial charge in [0.15, 0.2) is 11.5 Å². The number of hydrogen-bond acceptors (Lipinski definition) is 6. The predicted octanol–water partition coefficient (Wildman–Crippen LogP) is 4.00. The molecule has 3 rings (SSSR count). The highest BCUT2D eigenvalue weighted by Crippen LogP contribution is 2.33. The zero-order valence-corrected chi connectivity index (χ0v) is 13.5. The zero-order chi connectivity index (χ0) is 18.7. The number of pyridine rings is 1. The summed E-state index contributed by atoms with van der Waals surface area (Å²) in [6, 6.07) is 6.12. The molecule has 136 valence electrons. The molecule has 9 heteroatoms. The number of benzene rings is 1. The van der Waals surface area contributed by atoms with E-state index in [1.54, 1.807) is 6.92 Å². The van der Waals surface area contributed by atoms with Crippen molar-refractivity contribution in [2.45, 2.75) is 19.7 Å². The second kappa shape index (κ2) is 7.03. The number of ether oxygens (including phenoxy) is 2. The summed E-state index contributed by atoms with van der Waals surface area (Å²) in [6.45, 7) is 1.81. The lowest BCUT2D eigenvalue weighted by Crippen LogP contribution is -2.05. The lowest BCUT2D eigenvalue weighted by molar-refractivity contribution is -0.137. The Bertz CT molecular complexity index is 937. The third-order valence-corrected chi connectivity index (χ3v) is 3.44. The maximum atomic E-state index is 12.8. The van der Waals surface area contributed by atoms with E-state index in [0.29, 0.717) is 11.1 Å². The van der Waals surface area contributed by atoms with Crippen molar-refractivity contribution in [3.63, 3.8) is 0 Å². The van der Waals surface area contributed by atoms with Crippen molar-refractivity contribution < 1.29 is 32.0 Å². The smallest absolute Gasteiger partial charge is 0.416 e. The van der Waals surface area contributed by atoms with Gasteiger partial charge in [-0.1, -0.05) is 5.16 Å². The minimum Gasteiger partial charge on any atom is -0.485 e. The molecule has 0 unspecified atom stereocenters. The molecule has 0 radical (unpaired) electrons. The highest BCUT2D eigenvalue weighted by Gasteiger charge is 2.30. The predicted molar refractivity (Wildman–Crippen MR) is 83.5 cm³/mol. The molecule has 0 N–H and O–H groups in total. The van der Waals surface area contributed by atoms with Crippen LogP contribution in [0.1, 0.15) is 28.7 Å².